The Morgan fingerprint density at radius 3 is 2.59 bits per heavy atom. The van der Waals surface area contributed by atoms with Gasteiger partial charge >= 0.3 is 6.18 Å². The Balaban J connectivity index is 1.86. The fourth-order valence-electron chi connectivity index (χ4n) is 2.27. The molecular formula is C19H15F3N4OS2. The van der Waals surface area contributed by atoms with E-state index in [1.54, 1.807) is 31.2 Å². The number of rotatable bonds is 6. The highest BCUT2D eigenvalue weighted by Gasteiger charge is 2.31. The predicted molar refractivity (Wildman–Crippen MR) is 108 cm³/mol. The number of hydrazone groups is 1. The van der Waals surface area contributed by atoms with Crippen molar-refractivity contribution in [2.24, 2.45) is 5.10 Å². The zero-order chi connectivity index (χ0) is 20.9. The van der Waals surface area contributed by atoms with Gasteiger partial charge in [-0.25, -0.2) is 5.01 Å². The van der Waals surface area contributed by atoms with Crippen LogP contribution in [0.15, 0.2) is 64.0 Å². The summed E-state index contributed by atoms with van der Waals surface area (Å²) in [6.45, 7) is 1.79. The first kappa shape index (κ1) is 21.0. The number of alkyl halides is 3. The van der Waals surface area contributed by atoms with Crippen LogP contribution in [0.4, 0.5) is 18.9 Å². The maximum atomic E-state index is 13.1. The number of hydrogen-bond donors (Lipinski definition) is 0. The van der Waals surface area contributed by atoms with E-state index in [9.17, 15) is 18.0 Å². The third kappa shape index (κ3) is 5.88. The van der Waals surface area contributed by atoms with E-state index in [2.05, 4.69) is 15.3 Å². The Kier molecular flexibility index (Phi) is 6.65. The van der Waals surface area contributed by atoms with Crippen molar-refractivity contribution in [2.75, 3.05) is 10.8 Å². The molecule has 0 N–H and O–H groups in total. The SMILES string of the molecule is Cc1nnc(SCC(=O)N(/N=C\c2ccccc2)c2cccc(C(F)(F)F)c2)s1. The summed E-state index contributed by atoms with van der Waals surface area (Å²) in [6, 6.07) is 13.5. The molecule has 0 atom stereocenters. The number of carbonyl (C=O) groups excluding carboxylic acids is 1. The minimum Gasteiger partial charge on any atom is -0.272 e. The van der Waals surface area contributed by atoms with Gasteiger partial charge in [0.25, 0.3) is 5.91 Å². The van der Waals surface area contributed by atoms with E-state index < -0.39 is 17.6 Å². The van der Waals surface area contributed by atoms with Crippen LogP contribution in [0.2, 0.25) is 0 Å². The number of amides is 1. The lowest BCUT2D eigenvalue weighted by molar-refractivity contribution is -0.137. The first-order chi connectivity index (χ1) is 13.8. The molecule has 0 aliphatic carbocycles. The summed E-state index contributed by atoms with van der Waals surface area (Å²) in [6.07, 6.45) is -3.09. The van der Waals surface area contributed by atoms with Crippen LogP contribution >= 0.6 is 23.1 Å². The average molecular weight is 436 g/mol. The molecule has 0 radical (unpaired) electrons. The van der Waals surface area contributed by atoms with Crippen LogP contribution in [0.1, 0.15) is 16.1 Å². The molecule has 0 bridgehead atoms. The topological polar surface area (TPSA) is 58.5 Å². The van der Waals surface area contributed by atoms with E-state index in [-0.39, 0.29) is 11.4 Å². The molecule has 2 aromatic carbocycles. The second-order valence-electron chi connectivity index (χ2n) is 5.78. The van der Waals surface area contributed by atoms with Gasteiger partial charge in [-0.15, -0.1) is 10.2 Å². The summed E-state index contributed by atoms with van der Waals surface area (Å²) in [7, 11) is 0. The quantitative estimate of drug-likeness (QED) is 0.309. The van der Waals surface area contributed by atoms with Crippen LogP contribution in [-0.2, 0) is 11.0 Å². The number of hydrogen-bond acceptors (Lipinski definition) is 6. The highest BCUT2D eigenvalue weighted by Crippen LogP contribution is 2.32. The van der Waals surface area contributed by atoms with Crippen molar-refractivity contribution in [3.63, 3.8) is 0 Å². The lowest BCUT2D eigenvalue weighted by Crippen LogP contribution is -2.27. The van der Waals surface area contributed by atoms with Gasteiger partial charge < -0.3 is 0 Å². The number of thioether (sulfide) groups is 1. The number of aromatic nitrogens is 2. The summed E-state index contributed by atoms with van der Waals surface area (Å²) in [5.74, 6) is -0.522. The van der Waals surface area contributed by atoms with Crippen molar-refractivity contribution >= 4 is 40.9 Å². The van der Waals surface area contributed by atoms with Crippen LogP contribution in [0.25, 0.3) is 0 Å². The fraction of sp³-hybridized carbons (Fsp3) is 0.158. The molecule has 150 valence electrons. The molecule has 10 heteroatoms. The second-order valence-corrected chi connectivity index (χ2v) is 8.19. The Hall–Kier alpha value is -2.72. The number of carbonyl (C=O) groups is 1. The first-order valence-electron chi connectivity index (χ1n) is 8.35. The lowest BCUT2D eigenvalue weighted by atomic mass is 10.2. The Morgan fingerprint density at radius 2 is 1.93 bits per heavy atom. The van der Waals surface area contributed by atoms with Crippen LogP contribution < -0.4 is 5.01 Å². The van der Waals surface area contributed by atoms with E-state index in [4.69, 9.17) is 0 Å². The van der Waals surface area contributed by atoms with Crippen LogP contribution in [0.5, 0.6) is 0 Å². The molecule has 0 unspecified atom stereocenters. The molecule has 3 aromatic rings. The molecule has 0 spiro atoms. The highest BCUT2D eigenvalue weighted by atomic mass is 32.2. The summed E-state index contributed by atoms with van der Waals surface area (Å²) < 4.78 is 39.9. The van der Waals surface area contributed by atoms with Gasteiger partial charge in [0.05, 0.1) is 23.2 Å². The molecule has 3 rings (SSSR count). The van der Waals surface area contributed by atoms with E-state index >= 15 is 0 Å². The van der Waals surface area contributed by atoms with Crippen molar-refractivity contribution in [1.29, 1.82) is 0 Å². The van der Waals surface area contributed by atoms with Crippen molar-refractivity contribution in [3.05, 3.63) is 70.7 Å². The number of halogens is 3. The smallest absolute Gasteiger partial charge is 0.272 e. The number of benzene rings is 2. The van der Waals surface area contributed by atoms with Gasteiger partial charge in [-0.1, -0.05) is 59.5 Å². The molecular weight excluding hydrogens is 421 g/mol. The molecule has 0 aliphatic rings. The van der Waals surface area contributed by atoms with Gasteiger partial charge in [0, 0.05) is 0 Å². The zero-order valence-corrected chi connectivity index (χ0v) is 16.8. The van der Waals surface area contributed by atoms with Crippen molar-refractivity contribution in [1.82, 2.24) is 10.2 Å². The predicted octanol–water partition coefficient (Wildman–Crippen LogP) is 5.02. The van der Waals surface area contributed by atoms with Gasteiger partial charge in [0.15, 0.2) is 4.34 Å². The van der Waals surface area contributed by atoms with Gasteiger partial charge in [-0.05, 0) is 30.7 Å². The molecule has 5 nitrogen and oxygen atoms in total. The summed E-state index contributed by atoms with van der Waals surface area (Å²) in [4.78, 5) is 12.8. The molecule has 0 saturated carbocycles. The average Bonchev–Trinajstić information content (AvgIpc) is 3.12. The monoisotopic (exact) mass is 436 g/mol. The maximum absolute atomic E-state index is 13.1. The second kappa shape index (κ2) is 9.19. The number of anilines is 1. The van der Waals surface area contributed by atoms with Gasteiger partial charge in [-0.2, -0.15) is 18.3 Å². The van der Waals surface area contributed by atoms with Gasteiger partial charge in [0.2, 0.25) is 0 Å². The Morgan fingerprint density at radius 1 is 1.17 bits per heavy atom. The van der Waals surface area contributed by atoms with E-state index in [0.29, 0.717) is 9.90 Å². The fourth-order valence-corrected chi connectivity index (χ4v) is 3.93. The van der Waals surface area contributed by atoms with Crippen LogP contribution in [0.3, 0.4) is 0 Å². The normalized spacial score (nSPS) is 11.7. The Bertz CT molecular complexity index is 1010. The minimum absolute atomic E-state index is 0.0334. The van der Waals surface area contributed by atoms with Crippen LogP contribution in [0, 0.1) is 6.92 Å². The van der Waals surface area contributed by atoms with Gasteiger partial charge in [-0.3, -0.25) is 4.79 Å². The van der Waals surface area contributed by atoms with E-state index in [1.165, 1.54) is 29.7 Å². The molecule has 1 heterocycles. The van der Waals surface area contributed by atoms with Gasteiger partial charge in [0.1, 0.15) is 5.01 Å². The molecule has 1 amide bonds. The summed E-state index contributed by atoms with van der Waals surface area (Å²) >= 11 is 2.50. The van der Waals surface area contributed by atoms with E-state index in [1.807, 2.05) is 6.07 Å². The van der Waals surface area contributed by atoms with Crippen molar-refractivity contribution in [2.45, 2.75) is 17.4 Å². The molecule has 0 aliphatic heterocycles. The van der Waals surface area contributed by atoms with Crippen molar-refractivity contribution in [3.8, 4) is 0 Å². The number of nitrogens with zero attached hydrogens (tertiary/aromatic N) is 4. The van der Waals surface area contributed by atoms with E-state index in [0.717, 1.165) is 33.9 Å². The maximum Gasteiger partial charge on any atom is 0.416 e. The third-order valence-corrected chi connectivity index (χ3v) is 5.56. The number of aryl methyl sites for hydroxylation is 1. The van der Waals surface area contributed by atoms with Crippen molar-refractivity contribution < 1.29 is 18.0 Å². The first-order valence-corrected chi connectivity index (χ1v) is 10.2. The molecule has 0 saturated heterocycles. The molecule has 0 fully saturated rings. The summed E-state index contributed by atoms with van der Waals surface area (Å²) in [5, 5.41) is 13.7. The standard InChI is InChI=1S/C19H15F3N4OS2/c1-13-24-25-18(29-13)28-12-17(27)26(23-11-14-6-3-2-4-7-14)16-9-5-8-15(10-16)19(20,21)22/h2-11H,12H2,1H3/b23-11-. The lowest BCUT2D eigenvalue weighted by Gasteiger charge is -2.18. The highest BCUT2D eigenvalue weighted by molar-refractivity contribution is 8.01. The zero-order valence-electron chi connectivity index (χ0n) is 15.1. The molecule has 1 aromatic heterocycles. The minimum atomic E-state index is -4.52. The van der Waals surface area contributed by atoms with Crippen LogP contribution in [-0.4, -0.2) is 28.1 Å². The molecule has 29 heavy (non-hydrogen) atoms. The largest absolute Gasteiger partial charge is 0.416 e. The summed E-state index contributed by atoms with van der Waals surface area (Å²) in [5.41, 5.74) is -0.106. The third-order valence-electron chi connectivity index (χ3n) is 3.60. The Labute approximate surface area is 173 Å².